The summed E-state index contributed by atoms with van der Waals surface area (Å²) < 4.78 is 1.03. The first-order valence-corrected chi connectivity index (χ1v) is 6.55. The number of nitrogens with one attached hydrogen (secondary N) is 1. The zero-order valence-electron chi connectivity index (χ0n) is 9.85. The quantitative estimate of drug-likeness (QED) is 0.741. The third-order valence-electron chi connectivity index (χ3n) is 3.03. The number of carboxylic acids is 1. The Bertz CT molecular complexity index is 759. The normalized spacial score (nSPS) is 10.8. The second kappa shape index (κ2) is 4.55. The summed E-state index contributed by atoms with van der Waals surface area (Å²) in [5.74, 6) is -0.943. The van der Waals surface area contributed by atoms with Gasteiger partial charge >= 0.3 is 5.97 Å². The van der Waals surface area contributed by atoms with Gasteiger partial charge in [0.2, 0.25) is 0 Å². The molecule has 0 radical (unpaired) electrons. The third kappa shape index (κ3) is 2.27. The fraction of sp³-hybridized carbons (Fsp3) is 0. The third-order valence-corrected chi connectivity index (χ3v) is 3.56. The summed E-state index contributed by atoms with van der Waals surface area (Å²) in [5.41, 5.74) is 3.19. The van der Waals surface area contributed by atoms with Crippen molar-refractivity contribution in [3.05, 3.63) is 58.7 Å². The van der Waals surface area contributed by atoms with Crippen LogP contribution in [0, 0.1) is 0 Å². The average Bonchev–Trinajstić information content (AvgIpc) is 2.82. The van der Waals surface area contributed by atoms with Crippen LogP contribution in [0.5, 0.6) is 0 Å². The first kappa shape index (κ1) is 12.0. The van der Waals surface area contributed by atoms with Crippen molar-refractivity contribution in [3.63, 3.8) is 0 Å². The minimum atomic E-state index is -0.943. The Morgan fingerprint density at radius 1 is 1.00 bits per heavy atom. The lowest BCUT2D eigenvalue weighted by atomic mass is 10.0. The molecule has 0 spiro atoms. The first-order valence-electron chi connectivity index (χ1n) is 5.75. The van der Waals surface area contributed by atoms with Crippen LogP contribution in [-0.4, -0.2) is 16.1 Å². The fourth-order valence-corrected chi connectivity index (χ4v) is 2.33. The smallest absolute Gasteiger partial charge is 0.352 e. The largest absolute Gasteiger partial charge is 0.477 e. The number of carbonyl (C=O) groups is 1. The molecule has 0 fully saturated rings. The number of carboxylic acid groups (broad SMARTS) is 1. The maximum absolute atomic E-state index is 10.9. The van der Waals surface area contributed by atoms with Crippen molar-refractivity contribution in [1.82, 2.24) is 4.98 Å². The molecule has 4 heteroatoms. The second-order valence-electron chi connectivity index (χ2n) is 4.30. The molecular weight excluding hydrogens is 306 g/mol. The zero-order chi connectivity index (χ0) is 13.4. The molecule has 0 amide bonds. The van der Waals surface area contributed by atoms with Crippen LogP contribution in [0.4, 0.5) is 0 Å². The number of H-pyrrole nitrogens is 1. The van der Waals surface area contributed by atoms with E-state index in [0.29, 0.717) is 0 Å². The van der Waals surface area contributed by atoms with E-state index in [0.717, 1.165) is 26.5 Å². The minimum absolute atomic E-state index is 0.211. The van der Waals surface area contributed by atoms with Crippen molar-refractivity contribution in [1.29, 1.82) is 0 Å². The molecule has 0 unspecified atom stereocenters. The van der Waals surface area contributed by atoms with Gasteiger partial charge in [-0.1, -0.05) is 40.2 Å². The van der Waals surface area contributed by atoms with Gasteiger partial charge in [-0.15, -0.1) is 0 Å². The van der Waals surface area contributed by atoms with E-state index in [9.17, 15) is 4.79 Å². The number of aromatic nitrogens is 1. The van der Waals surface area contributed by atoms with Gasteiger partial charge < -0.3 is 10.1 Å². The molecule has 2 N–H and O–H groups in total. The Kier molecular flexibility index (Phi) is 2.87. The second-order valence-corrected chi connectivity index (χ2v) is 5.21. The molecule has 1 aromatic heterocycles. The van der Waals surface area contributed by atoms with Gasteiger partial charge in [-0.25, -0.2) is 4.79 Å². The molecule has 0 aliphatic heterocycles. The standard InChI is InChI=1S/C15H10BrNO2/c16-12-5-3-9(4-6-12)10-1-2-11-8-14(15(18)19)17-13(11)7-10/h1-8,17H,(H,18,19). The molecule has 0 aliphatic carbocycles. The van der Waals surface area contributed by atoms with Gasteiger partial charge in [0, 0.05) is 15.4 Å². The number of benzene rings is 2. The van der Waals surface area contributed by atoms with Crippen molar-refractivity contribution >= 4 is 32.8 Å². The summed E-state index contributed by atoms with van der Waals surface area (Å²) in [6, 6.07) is 15.5. The first-order chi connectivity index (χ1) is 9.13. The number of aromatic carboxylic acids is 1. The summed E-state index contributed by atoms with van der Waals surface area (Å²) in [6.45, 7) is 0. The number of rotatable bonds is 2. The fourth-order valence-electron chi connectivity index (χ4n) is 2.06. The number of hydrogen-bond acceptors (Lipinski definition) is 1. The number of halogens is 1. The Morgan fingerprint density at radius 3 is 2.37 bits per heavy atom. The summed E-state index contributed by atoms with van der Waals surface area (Å²) in [6.07, 6.45) is 0. The van der Waals surface area contributed by atoms with Crippen LogP contribution in [0.25, 0.3) is 22.0 Å². The molecule has 3 nitrogen and oxygen atoms in total. The monoisotopic (exact) mass is 315 g/mol. The highest BCUT2D eigenvalue weighted by atomic mass is 79.9. The van der Waals surface area contributed by atoms with E-state index in [1.54, 1.807) is 6.07 Å². The molecule has 3 aromatic rings. The zero-order valence-corrected chi connectivity index (χ0v) is 11.4. The van der Waals surface area contributed by atoms with Gasteiger partial charge in [0.25, 0.3) is 0 Å². The lowest BCUT2D eigenvalue weighted by molar-refractivity contribution is 0.0691. The van der Waals surface area contributed by atoms with E-state index < -0.39 is 5.97 Å². The molecular formula is C15H10BrNO2. The Morgan fingerprint density at radius 2 is 1.68 bits per heavy atom. The van der Waals surface area contributed by atoms with E-state index in [1.165, 1.54) is 0 Å². The molecule has 0 atom stereocenters. The predicted molar refractivity (Wildman–Crippen MR) is 78.4 cm³/mol. The predicted octanol–water partition coefficient (Wildman–Crippen LogP) is 4.30. The molecule has 94 valence electrons. The molecule has 2 aromatic carbocycles. The Balaban J connectivity index is 2.10. The topological polar surface area (TPSA) is 53.1 Å². The van der Waals surface area contributed by atoms with Gasteiger partial charge in [-0.2, -0.15) is 0 Å². The summed E-state index contributed by atoms with van der Waals surface area (Å²) >= 11 is 3.41. The Hall–Kier alpha value is -2.07. The lowest BCUT2D eigenvalue weighted by Crippen LogP contribution is -1.94. The molecule has 0 bridgehead atoms. The number of hydrogen-bond donors (Lipinski definition) is 2. The van der Waals surface area contributed by atoms with Crippen LogP contribution >= 0.6 is 15.9 Å². The summed E-state index contributed by atoms with van der Waals surface area (Å²) in [7, 11) is 0. The van der Waals surface area contributed by atoms with Gasteiger partial charge in [0.05, 0.1) is 0 Å². The van der Waals surface area contributed by atoms with Crippen LogP contribution in [0.3, 0.4) is 0 Å². The number of fused-ring (bicyclic) bond motifs is 1. The average molecular weight is 316 g/mol. The van der Waals surface area contributed by atoms with Crippen LogP contribution in [0.15, 0.2) is 53.0 Å². The van der Waals surface area contributed by atoms with E-state index >= 15 is 0 Å². The summed E-state index contributed by atoms with van der Waals surface area (Å²) in [5, 5.41) is 9.87. The maximum Gasteiger partial charge on any atom is 0.352 e. The van der Waals surface area contributed by atoms with Gasteiger partial charge in [0.15, 0.2) is 0 Å². The van der Waals surface area contributed by atoms with E-state index in [2.05, 4.69) is 20.9 Å². The van der Waals surface area contributed by atoms with Crippen molar-refractivity contribution in [2.45, 2.75) is 0 Å². The summed E-state index contributed by atoms with van der Waals surface area (Å²) in [4.78, 5) is 13.8. The van der Waals surface area contributed by atoms with Crippen molar-refractivity contribution in [2.24, 2.45) is 0 Å². The molecule has 19 heavy (non-hydrogen) atoms. The molecule has 3 rings (SSSR count). The van der Waals surface area contributed by atoms with Crippen molar-refractivity contribution in [3.8, 4) is 11.1 Å². The van der Waals surface area contributed by atoms with E-state index in [4.69, 9.17) is 5.11 Å². The maximum atomic E-state index is 10.9. The van der Waals surface area contributed by atoms with Crippen LogP contribution in [-0.2, 0) is 0 Å². The Labute approximate surface area is 118 Å². The van der Waals surface area contributed by atoms with Crippen molar-refractivity contribution < 1.29 is 9.90 Å². The van der Waals surface area contributed by atoms with Crippen LogP contribution in [0.1, 0.15) is 10.5 Å². The molecule has 1 heterocycles. The van der Waals surface area contributed by atoms with Crippen LogP contribution < -0.4 is 0 Å². The number of aromatic amines is 1. The highest BCUT2D eigenvalue weighted by molar-refractivity contribution is 9.10. The lowest BCUT2D eigenvalue weighted by Gasteiger charge is -2.02. The SMILES string of the molecule is O=C(O)c1cc2ccc(-c3ccc(Br)cc3)cc2[nH]1. The highest BCUT2D eigenvalue weighted by Gasteiger charge is 2.08. The van der Waals surface area contributed by atoms with Gasteiger partial charge in [-0.05, 0) is 35.4 Å². The molecule has 0 aliphatic rings. The molecule has 0 saturated carbocycles. The van der Waals surface area contributed by atoms with E-state index in [1.807, 2.05) is 42.5 Å². The van der Waals surface area contributed by atoms with E-state index in [-0.39, 0.29) is 5.69 Å². The minimum Gasteiger partial charge on any atom is -0.477 e. The van der Waals surface area contributed by atoms with Gasteiger partial charge in [0.1, 0.15) is 5.69 Å². The van der Waals surface area contributed by atoms with Gasteiger partial charge in [-0.3, -0.25) is 0 Å². The highest BCUT2D eigenvalue weighted by Crippen LogP contribution is 2.26. The molecule has 0 saturated heterocycles. The van der Waals surface area contributed by atoms with Crippen LogP contribution in [0.2, 0.25) is 0 Å². The van der Waals surface area contributed by atoms with Crippen molar-refractivity contribution in [2.75, 3.05) is 0 Å².